The fraction of sp³-hybridized carbons (Fsp3) is 0.381. The molecule has 9 heteroatoms. The van der Waals surface area contributed by atoms with Crippen molar-refractivity contribution in [3.05, 3.63) is 46.6 Å². The summed E-state index contributed by atoms with van der Waals surface area (Å²) in [7, 11) is 2.96. The third kappa shape index (κ3) is 4.66. The summed E-state index contributed by atoms with van der Waals surface area (Å²) in [6, 6.07) is 6.93. The topological polar surface area (TPSA) is 130 Å². The lowest BCUT2D eigenvalue weighted by Crippen LogP contribution is -2.27. The van der Waals surface area contributed by atoms with E-state index in [-0.39, 0.29) is 42.4 Å². The first-order valence-corrected chi connectivity index (χ1v) is 9.26. The highest BCUT2D eigenvalue weighted by Crippen LogP contribution is 2.42. The number of ether oxygens (including phenoxy) is 5. The van der Waals surface area contributed by atoms with Gasteiger partial charge in [0, 0.05) is 0 Å². The van der Waals surface area contributed by atoms with Crippen LogP contribution in [0.15, 0.2) is 41.0 Å². The molecule has 0 aromatic heterocycles. The molecule has 1 atom stereocenters. The zero-order valence-corrected chi connectivity index (χ0v) is 17.3. The fourth-order valence-corrected chi connectivity index (χ4v) is 3.09. The molecule has 1 aromatic rings. The number of carbonyl (C=O) groups is 2. The number of benzene rings is 1. The molecule has 0 unspecified atom stereocenters. The van der Waals surface area contributed by atoms with E-state index in [0.29, 0.717) is 17.1 Å². The molecule has 1 heterocycles. The largest absolute Gasteiger partial charge is 0.493 e. The van der Waals surface area contributed by atoms with Gasteiger partial charge in [-0.1, -0.05) is 6.07 Å². The monoisotopic (exact) mass is 416 g/mol. The van der Waals surface area contributed by atoms with Crippen LogP contribution < -0.4 is 15.2 Å². The molecule has 0 amide bonds. The number of rotatable bonds is 8. The van der Waals surface area contributed by atoms with E-state index in [1.165, 1.54) is 14.2 Å². The van der Waals surface area contributed by atoms with Crippen LogP contribution in [0.4, 0.5) is 0 Å². The van der Waals surface area contributed by atoms with Gasteiger partial charge in [-0.2, -0.15) is 5.26 Å². The van der Waals surface area contributed by atoms with Crippen LogP contribution in [0, 0.1) is 11.3 Å². The first kappa shape index (κ1) is 22.6. The zero-order valence-electron chi connectivity index (χ0n) is 17.3. The highest BCUT2D eigenvalue weighted by molar-refractivity contribution is 5.93. The molecule has 1 aliphatic heterocycles. The summed E-state index contributed by atoms with van der Waals surface area (Å²) in [5.74, 6) is -1.62. The molecular formula is C21H24N2O7. The number of hydrogen-bond acceptors (Lipinski definition) is 9. The number of nitrogens with two attached hydrogens (primary N) is 1. The van der Waals surface area contributed by atoms with E-state index in [0.717, 1.165) is 0 Å². The van der Waals surface area contributed by atoms with Crippen LogP contribution in [0.2, 0.25) is 0 Å². The Balaban J connectivity index is 2.69. The highest BCUT2D eigenvalue weighted by Gasteiger charge is 2.38. The Labute approximate surface area is 174 Å². The van der Waals surface area contributed by atoms with E-state index in [9.17, 15) is 14.9 Å². The van der Waals surface area contributed by atoms with E-state index in [4.69, 9.17) is 29.4 Å². The molecule has 0 spiro atoms. The summed E-state index contributed by atoms with van der Waals surface area (Å²) >= 11 is 0. The minimum absolute atomic E-state index is 0.00266. The second-order valence-corrected chi connectivity index (χ2v) is 6.08. The van der Waals surface area contributed by atoms with Crippen LogP contribution in [-0.2, 0) is 23.8 Å². The van der Waals surface area contributed by atoms with Gasteiger partial charge in [0.1, 0.15) is 23.8 Å². The SMILES string of the molecule is CCOC(=O)CC1=C(C(=O)OCC)[C@@H](c2ccc(OC)c(OC)c2)C(C#N)=C(N)O1. The summed E-state index contributed by atoms with van der Waals surface area (Å²) in [6.45, 7) is 3.56. The minimum Gasteiger partial charge on any atom is -0.493 e. The fourth-order valence-electron chi connectivity index (χ4n) is 3.09. The summed E-state index contributed by atoms with van der Waals surface area (Å²) < 4.78 is 26.2. The molecule has 160 valence electrons. The van der Waals surface area contributed by atoms with Crippen LogP contribution in [0.1, 0.15) is 31.7 Å². The lowest BCUT2D eigenvalue weighted by molar-refractivity contribution is -0.143. The maximum Gasteiger partial charge on any atom is 0.338 e. The summed E-state index contributed by atoms with van der Waals surface area (Å²) in [4.78, 5) is 24.9. The molecule has 2 N–H and O–H groups in total. The third-order valence-corrected chi connectivity index (χ3v) is 4.34. The van der Waals surface area contributed by atoms with Crippen molar-refractivity contribution in [3.8, 4) is 17.6 Å². The van der Waals surface area contributed by atoms with Crippen molar-refractivity contribution in [3.63, 3.8) is 0 Å². The molecule has 30 heavy (non-hydrogen) atoms. The molecule has 1 aromatic carbocycles. The predicted octanol–water partition coefficient (Wildman–Crippen LogP) is 2.28. The van der Waals surface area contributed by atoms with Gasteiger partial charge in [-0.25, -0.2) is 4.79 Å². The van der Waals surface area contributed by atoms with Crippen LogP contribution in [-0.4, -0.2) is 39.4 Å². The second kappa shape index (κ2) is 10.2. The van der Waals surface area contributed by atoms with E-state index >= 15 is 0 Å². The van der Waals surface area contributed by atoms with E-state index in [1.54, 1.807) is 32.0 Å². The molecule has 0 saturated carbocycles. The highest BCUT2D eigenvalue weighted by atomic mass is 16.5. The van der Waals surface area contributed by atoms with Crippen molar-refractivity contribution in [2.75, 3.05) is 27.4 Å². The van der Waals surface area contributed by atoms with Gasteiger partial charge in [-0.3, -0.25) is 4.79 Å². The van der Waals surface area contributed by atoms with Gasteiger partial charge < -0.3 is 29.4 Å². The van der Waals surface area contributed by atoms with Crippen molar-refractivity contribution in [2.24, 2.45) is 5.73 Å². The summed E-state index contributed by atoms with van der Waals surface area (Å²) in [5, 5.41) is 9.71. The number of nitriles is 1. The van der Waals surface area contributed by atoms with Gasteiger partial charge in [-0.15, -0.1) is 0 Å². The maximum absolute atomic E-state index is 12.8. The number of carbonyl (C=O) groups excluding carboxylic acids is 2. The van der Waals surface area contributed by atoms with Crippen molar-refractivity contribution >= 4 is 11.9 Å². The lowest BCUT2D eigenvalue weighted by atomic mass is 9.82. The molecule has 0 radical (unpaired) electrons. The zero-order chi connectivity index (χ0) is 22.3. The molecule has 0 fully saturated rings. The van der Waals surface area contributed by atoms with Gasteiger partial charge >= 0.3 is 11.9 Å². The molecule has 9 nitrogen and oxygen atoms in total. The predicted molar refractivity (Wildman–Crippen MR) is 105 cm³/mol. The van der Waals surface area contributed by atoms with Crippen molar-refractivity contribution in [1.82, 2.24) is 0 Å². The number of hydrogen-bond donors (Lipinski definition) is 1. The normalized spacial score (nSPS) is 15.8. The maximum atomic E-state index is 12.8. The molecule has 0 saturated heterocycles. The number of nitrogens with zero attached hydrogens (tertiary/aromatic N) is 1. The summed E-state index contributed by atoms with van der Waals surface area (Å²) in [6.07, 6.45) is -0.342. The van der Waals surface area contributed by atoms with Crippen molar-refractivity contribution < 1.29 is 33.3 Å². The van der Waals surface area contributed by atoms with Crippen LogP contribution in [0.25, 0.3) is 0 Å². The smallest absolute Gasteiger partial charge is 0.338 e. The molecule has 1 aliphatic rings. The van der Waals surface area contributed by atoms with Gasteiger partial charge in [0.25, 0.3) is 0 Å². The Morgan fingerprint density at radius 3 is 2.37 bits per heavy atom. The number of allylic oxidation sites excluding steroid dienone is 1. The minimum atomic E-state index is -0.924. The molecule has 0 bridgehead atoms. The first-order valence-electron chi connectivity index (χ1n) is 9.26. The Morgan fingerprint density at radius 1 is 1.13 bits per heavy atom. The van der Waals surface area contributed by atoms with Gasteiger partial charge in [0.15, 0.2) is 11.5 Å². The summed E-state index contributed by atoms with van der Waals surface area (Å²) in [5.41, 5.74) is 6.49. The number of methoxy groups -OCH3 is 2. The van der Waals surface area contributed by atoms with E-state index in [2.05, 4.69) is 0 Å². The van der Waals surface area contributed by atoms with Crippen LogP contribution in [0.5, 0.6) is 11.5 Å². The van der Waals surface area contributed by atoms with E-state index < -0.39 is 17.9 Å². The Morgan fingerprint density at radius 2 is 1.80 bits per heavy atom. The quantitative estimate of drug-likeness (QED) is 0.634. The number of esters is 2. The van der Waals surface area contributed by atoms with Gasteiger partial charge in [0.2, 0.25) is 5.88 Å². The van der Waals surface area contributed by atoms with E-state index in [1.807, 2.05) is 6.07 Å². The van der Waals surface area contributed by atoms with Gasteiger partial charge in [0.05, 0.1) is 38.9 Å². The van der Waals surface area contributed by atoms with Crippen molar-refractivity contribution in [1.29, 1.82) is 5.26 Å². The standard InChI is InChI=1S/C21H24N2O7/c1-5-28-17(24)10-16-19(21(25)29-6-2)18(13(11-22)20(23)30-16)12-7-8-14(26-3)15(9-12)27-4/h7-9,18H,5-6,10,23H2,1-4H3/t18-/m0/s1. The Kier molecular flexibility index (Phi) is 7.69. The van der Waals surface area contributed by atoms with Crippen LogP contribution in [0.3, 0.4) is 0 Å². The molecule has 2 rings (SSSR count). The van der Waals surface area contributed by atoms with Gasteiger partial charge in [-0.05, 0) is 31.5 Å². The van der Waals surface area contributed by atoms with Crippen LogP contribution >= 0.6 is 0 Å². The first-order chi connectivity index (χ1) is 14.4. The Bertz CT molecular complexity index is 928. The second-order valence-electron chi connectivity index (χ2n) is 6.08. The Hall–Kier alpha value is -3.67. The van der Waals surface area contributed by atoms with Crippen molar-refractivity contribution in [2.45, 2.75) is 26.2 Å². The average Bonchev–Trinajstić information content (AvgIpc) is 2.73. The lowest BCUT2D eigenvalue weighted by Gasteiger charge is -2.28. The average molecular weight is 416 g/mol. The molecule has 0 aliphatic carbocycles. The molecular weight excluding hydrogens is 392 g/mol. The third-order valence-electron chi connectivity index (χ3n) is 4.34.